The molecule has 8 nitrogen and oxygen atoms in total. The Labute approximate surface area is 338 Å². The molecule has 0 unspecified atom stereocenters. The van der Waals surface area contributed by atoms with Crippen LogP contribution in [0.4, 0.5) is 0 Å². The average Bonchev–Trinajstić information content (AvgIpc) is 3.78. The SMILES string of the molecule is CCCN1CCN(C(C)C)C1=S.CCCN1CCN(C(C)C)C1=S.CCCN1CCN(C(C)C)C1=S.CCCN1CCN(C(C)C)C1=S.[Pt]. The Hall–Kier alpha value is -0.552. The summed E-state index contributed by atoms with van der Waals surface area (Å²) < 4.78 is 0. The van der Waals surface area contributed by atoms with Crippen LogP contribution in [-0.4, -0.2) is 162 Å². The minimum atomic E-state index is 0. The van der Waals surface area contributed by atoms with Crippen LogP contribution in [0, 0.1) is 0 Å². The van der Waals surface area contributed by atoms with Crippen molar-refractivity contribution in [3.63, 3.8) is 0 Å². The van der Waals surface area contributed by atoms with Gasteiger partial charge in [-0.15, -0.1) is 0 Å². The molecule has 4 aliphatic heterocycles. The van der Waals surface area contributed by atoms with E-state index in [-0.39, 0.29) is 21.1 Å². The summed E-state index contributed by atoms with van der Waals surface area (Å²) in [5.74, 6) is 0. The van der Waals surface area contributed by atoms with E-state index >= 15 is 0 Å². The third kappa shape index (κ3) is 15.5. The average molecular weight is 940 g/mol. The molecule has 290 valence electrons. The molecule has 0 amide bonds. The fraction of sp³-hybridized carbons (Fsp3) is 0.889. The molecule has 0 aromatic carbocycles. The molecule has 0 aromatic rings. The molecule has 0 atom stereocenters. The summed E-state index contributed by atoms with van der Waals surface area (Å²) in [6.45, 7) is 39.7. The maximum atomic E-state index is 5.36. The first-order chi connectivity index (χ1) is 22.7. The molecule has 0 aliphatic carbocycles. The van der Waals surface area contributed by atoms with E-state index in [1.165, 1.54) is 25.7 Å². The van der Waals surface area contributed by atoms with Crippen molar-refractivity contribution in [2.45, 2.75) is 133 Å². The molecule has 0 N–H and O–H groups in total. The summed E-state index contributed by atoms with van der Waals surface area (Å²) in [4.78, 5) is 18.4. The predicted octanol–water partition coefficient (Wildman–Crippen LogP) is 6.83. The van der Waals surface area contributed by atoms with E-state index in [0.29, 0.717) is 24.2 Å². The van der Waals surface area contributed by atoms with Gasteiger partial charge in [0, 0.05) is 124 Å². The van der Waals surface area contributed by atoms with E-state index in [0.717, 1.165) is 99.0 Å². The second-order valence-electron chi connectivity index (χ2n) is 14.2. The molecule has 0 saturated carbocycles. The largest absolute Gasteiger partial charge is 0.347 e. The Balaban J connectivity index is 0.000000623. The summed E-state index contributed by atoms with van der Waals surface area (Å²) in [5.41, 5.74) is 0. The van der Waals surface area contributed by atoms with E-state index in [4.69, 9.17) is 48.9 Å². The fourth-order valence-electron chi connectivity index (χ4n) is 6.23. The van der Waals surface area contributed by atoms with Crippen LogP contribution >= 0.6 is 48.9 Å². The van der Waals surface area contributed by atoms with E-state index in [9.17, 15) is 0 Å². The number of hydrogen-bond donors (Lipinski definition) is 0. The second-order valence-corrected chi connectivity index (χ2v) is 15.7. The first kappa shape index (κ1) is 48.4. The van der Waals surface area contributed by atoms with Crippen molar-refractivity contribution in [1.82, 2.24) is 39.2 Å². The fourth-order valence-corrected chi connectivity index (χ4v) is 8.17. The van der Waals surface area contributed by atoms with Crippen molar-refractivity contribution in [1.29, 1.82) is 0 Å². The van der Waals surface area contributed by atoms with Crippen LogP contribution in [0.2, 0.25) is 0 Å². The van der Waals surface area contributed by atoms with Gasteiger partial charge < -0.3 is 39.2 Å². The Morgan fingerprint density at radius 2 is 0.531 bits per heavy atom. The third-order valence-electron chi connectivity index (χ3n) is 8.98. The first-order valence-electron chi connectivity index (χ1n) is 18.9. The normalized spacial score (nSPS) is 17.8. The molecule has 49 heavy (non-hydrogen) atoms. The molecule has 0 bridgehead atoms. The van der Waals surface area contributed by atoms with Crippen molar-refractivity contribution in [2.24, 2.45) is 0 Å². The minimum absolute atomic E-state index is 0. The summed E-state index contributed by atoms with van der Waals surface area (Å²) >= 11 is 21.4. The molecule has 0 aromatic heterocycles. The minimum Gasteiger partial charge on any atom is -0.347 e. The van der Waals surface area contributed by atoms with Gasteiger partial charge >= 0.3 is 0 Å². The number of nitrogens with zero attached hydrogens (tertiary/aromatic N) is 8. The quantitative estimate of drug-likeness (QED) is 0.192. The van der Waals surface area contributed by atoms with Gasteiger partial charge in [0.05, 0.1) is 0 Å². The van der Waals surface area contributed by atoms with E-state index in [1.54, 1.807) is 0 Å². The van der Waals surface area contributed by atoms with Gasteiger partial charge in [-0.2, -0.15) is 0 Å². The molecule has 0 radical (unpaired) electrons. The van der Waals surface area contributed by atoms with E-state index < -0.39 is 0 Å². The van der Waals surface area contributed by atoms with Crippen LogP contribution in [0.15, 0.2) is 0 Å². The monoisotopic (exact) mass is 939 g/mol. The molecule has 4 rings (SSSR count). The van der Waals surface area contributed by atoms with Crippen molar-refractivity contribution < 1.29 is 21.1 Å². The molecular weight excluding hydrogens is 868 g/mol. The Morgan fingerprint density at radius 3 is 0.633 bits per heavy atom. The van der Waals surface area contributed by atoms with E-state index in [2.05, 4.69) is 122 Å². The number of hydrogen-bond acceptors (Lipinski definition) is 4. The van der Waals surface area contributed by atoms with Crippen LogP contribution < -0.4 is 0 Å². The van der Waals surface area contributed by atoms with Crippen LogP contribution in [0.1, 0.15) is 109 Å². The van der Waals surface area contributed by atoms with Gasteiger partial charge in [0.25, 0.3) is 0 Å². The maximum absolute atomic E-state index is 5.36. The maximum Gasteiger partial charge on any atom is 0.171 e. The van der Waals surface area contributed by atoms with Crippen molar-refractivity contribution in [2.75, 3.05) is 78.5 Å². The van der Waals surface area contributed by atoms with Gasteiger partial charge in [-0.05, 0) is 130 Å². The molecule has 4 heterocycles. The van der Waals surface area contributed by atoms with Crippen LogP contribution in [0.25, 0.3) is 0 Å². The van der Waals surface area contributed by atoms with Gasteiger partial charge in [-0.3, -0.25) is 0 Å². The zero-order valence-corrected chi connectivity index (χ0v) is 38.7. The zero-order valence-electron chi connectivity index (χ0n) is 33.2. The van der Waals surface area contributed by atoms with E-state index in [1.807, 2.05) is 0 Å². The first-order valence-corrected chi connectivity index (χ1v) is 20.5. The van der Waals surface area contributed by atoms with Crippen molar-refractivity contribution in [3.05, 3.63) is 0 Å². The standard InChI is InChI=1S/4C9H18N2S.Pt/c4*1-4-5-10-6-7-11(8(2)3)9(10)12;/h4*8H,4-7H2,1-3H3;. The Morgan fingerprint density at radius 1 is 0.367 bits per heavy atom. The van der Waals surface area contributed by atoms with Gasteiger partial charge in [-0.1, -0.05) is 27.7 Å². The van der Waals surface area contributed by atoms with Crippen LogP contribution in [0.3, 0.4) is 0 Å². The van der Waals surface area contributed by atoms with Crippen LogP contribution in [0.5, 0.6) is 0 Å². The van der Waals surface area contributed by atoms with Gasteiger partial charge in [-0.25, -0.2) is 0 Å². The van der Waals surface area contributed by atoms with Crippen molar-refractivity contribution in [3.8, 4) is 0 Å². The molecule has 4 aliphatic rings. The van der Waals surface area contributed by atoms with Gasteiger partial charge in [0.2, 0.25) is 0 Å². The molecule has 13 heteroatoms. The summed E-state index contributed by atoms with van der Waals surface area (Å²) in [5, 5.41) is 4.19. The predicted molar refractivity (Wildman–Crippen MR) is 225 cm³/mol. The summed E-state index contributed by atoms with van der Waals surface area (Å²) in [7, 11) is 0. The van der Waals surface area contributed by atoms with Crippen molar-refractivity contribution >= 4 is 69.3 Å². The Bertz CT molecular complexity index is 831. The topological polar surface area (TPSA) is 25.9 Å². The molecule has 0 spiro atoms. The summed E-state index contributed by atoms with van der Waals surface area (Å²) in [6.07, 6.45) is 4.75. The molecular formula is C36H72N8PtS4. The molecule has 4 saturated heterocycles. The zero-order chi connectivity index (χ0) is 36.6. The summed E-state index contributed by atoms with van der Waals surface area (Å²) in [6, 6.07) is 2.22. The number of thiocarbonyl (C=S) groups is 4. The van der Waals surface area contributed by atoms with Gasteiger partial charge in [0.15, 0.2) is 20.4 Å². The van der Waals surface area contributed by atoms with Crippen LogP contribution in [-0.2, 0) is 21.1 Å². The Kier molecular flexibility index (Phi) is 25.1. The molecule has 4 fully saturated rings. The third-order valence-corrected chi connectivity index (χ3v) is 10.9. The smallest absolute Gasteiger partial charge is 0.171 e. The second kappa shape index (κ2) is 25.4. The number of rotatable bonds is 12. The van der Waals surface area contributed by atoms with Gasteiger partial charge in [0.1, 0.15) is 0 Å².